The van der Waals surface area contributed by atoms with E-state index in [4.69, 9.17) is 9.31 Å². The molecule has 0 bridgehead atoms. The van der Waals surface area contributed by atoms with Crippen LogP contribution in [0.1, 0.15) is 27.7 Å². The Hall–Kier alpha value is -1.40. The number of nitrogens with zero attached hydrogens (tertiary/aromatic N) is 2. The Morgan fingerprint density at radius 1 is 1.15 bits per heavy atom. The molecule has 0 radical (unpaired) electrons. The Morgan fingerprint density at radius 2 is 1.75 bits per heavy atom. The number of hydrogen-bond donors (Lipinski definition) is 0. The zero-order valence-electron chi connectivity index (χ0n) is 12.4. The average Bonchev–Trinajstić information content (AvgIpc) is 2.79. The number of rotatable bonds is 1. The van der Waals surface area contributed by atoms with Crippen LogP contribution in [0.5, 0.6) is 0 Å². The molecule has 0 atom stereocenters. The van der Waals surface area contributed by atoms with E-state index in [0.29, 0.717) is 11.0 Å². The van der Waals surface area contributed by atoms with Crippen LogP contribution in [0.25, 0.3) is 11.0 Å². The van der Waals surface area contributed by atoms with Gasteiger partial charge in [0.15, 0.2) is 5.82 Å². The van der Waals surface area contributed by atoms with Crippen molar-refractivity contribution >= 4 is 23.6 Å². The van der Waals surface area contributed by atoms with E-state index in [-0.39, 0.29) is 5.82 Å². The molecule has 0 aliphatic carbocycles. The van der Waals surface area contributed by atoms with E-state index >= 15 is 0 Å². The van der Waals surface area contributed by atoms with Crippen molar-refractivity contribution in [2.24, 2.45) is 7.05 Å². The van der Waals surface area contributed by atoms with E-state index in [1.807, 2.05) is 40.8 Å². The topological polar surface area (TPSA) is 36.3 Å². The summed E-state index contributed by atoms with van der Waals surface area (Å²) in [5, 5.41) is 0. The lowest BCUT2D eigenvalue weighted by molar-refractivity contribution is 0.00578. The summed E-state index contributed by atoms with van der Waals surface area (Å²) in [6, 6.07) is 3.31. The minimum Gasteiger partial charge on any atom is -0.399 e. The monoisotopic (exact) mass is 276 g/mol. The number of hydrogen-bond acceptors (Lipinski definition) is 3. The number of aryl methyl sites for hydroxylation is 1. The van der Waals surface area contributed by atoms with Gasteiger partial charge in [0, 0.05) is 7.05 Å². The minimum atomic E-state index is -0.561. The first-order valence-electron chi connectivity index (χ1n) is 6.67. The molecule has 2 aromatic rings. The molecule has 6 heteroatoms. The van der Waals surface area contributed by atoms with E-state index in [2.05, 4.69) is 4.98 Å². The largest absolute Gasteiger partial charge is 0.495 e. The second kappa shape index (κ2) is 4.05. The molecule has 0 unspecified atom stereocenters. The van der Waals surface area contributed by atoms with Gasteiger partial charge in [-0.3, -0.25) is 0 Å². The summed E-state index contributed by atoms with van der Waals surface area (Å²) in [5.41, 5.74) is 0.908. The van der Waals surface area contributed by atoms with Gasteiger partial charge in [0.25, 0.3) is 0 Å². The molecular formula is C14H18BFN2O2. The summed E-state index contributed by atoms with van der Waals surface area (Å²) in [7, 11) is 1.27. The summed E-state index contributed by atoms with van der Waals surface area (Å²) in [4.78, 5) is 4.05. The SMILES string of the molecule is Cn1cnc2c(F)cc(B3OC(C)(C)C(C)(C)O3)cc21. The minimum absolute atomic E-state index is 0.354. The van der Waals surface area contributed by atoms with Crippen LogP contribution in [0, 0.1) is 5.82 Å². The molecule has 0 N–H and O–H groups in total. The number of halogens is 1. The molecule has 1 saturated heterocycles. The molecule has 1 aromatic carbocycles. The molecular weight excluding hydrogens is 258 g/mol. The van der Waals surface area contributed by atoms with Gasteiger partial charge in [-0.15, -0.1) is 0 Å². The Bertz CT molecular complexity index is 665. The van der Waals surface area contributed by atoms with E-state index < -0.39 is 18.3 Å². The normalized spacial score (nSPS) is 20.8. The Balaban J connectivity index is 2.06. The van der Waals surface area contributed by atoms with Crippen molar-refractivity contribution in [3.8, 4) is 0 Å². The predicted molar refractivity (Wildman–Crippen MR) is 76.4 cm³/mol. The third kappa shape index (κ3) is 1.86. The molecule has 4 nitrogen and oxygen atoms in total. The Kier molecular flexibility index (Phi) is 2.75. The fraction of sp³-hybridized carbons (Fsp3) is 0.500. The summed E-state index contributed by atoms with van der Waals surface area (Å²) in [6.07, 6.45) is 1.60. The third-order valence-electron chi connectivity index (χ3n) is 4.33. The molecule has 20 heavy (non-hydrogen) atoms. The zero-order valence-corrected chi connectivity index (χ0v) is 12.4. The average molecular weight is 276 g/mol. The highest BCUT2D eigenvalue weighted by Gasteiger charge is 2.51. The van der Waals surface area contributed by atoms with Crippen molar-refractivity contribution < 1.29 is 13.7 Å². The fourth-order valence-corrected chi connectivity index (χ4v) is 2.32. The van der Waals surface area contributed by atoms with Crippen LogP contribution in [0.4, 0.5) is 4.39 Å². The van der Waals surface area contributed by atoms with Gasteiger partial charge in [0.1, 0.15) is 5.52 Å². The van der Waals surface area contributed by atoms with E-state index in [0.717, 1.165) is 5.52 Å². The molecule has 1 fully saturated rings. The fourth-order valence-electron chi connectivity index (χ4n) is 2.32. The number of aromatic nitrogens is 2. The van der Waals surface area contributed by atoms with Crippen molar-refractivity contribution in [1.82, 2.24) is 9.55 Å². The zero-order chi connectivity index (χ0) is 14.7. The highest BCUT2D eigenvalue weighted by molar-refractivity contribution is 6.62. The van der Waals surface area contributed by atoms with Gasteiger partial charge in [0.05, 0.1) is 23.0 Å². The van der Waals surface area contributed by atoms with Gasteiger partial charge in [-0.1, -0.05) is 0 Å². The standard InChI is InChI=1S/C14H18BFN2O2/c1-13(2)14(3,4)20-15(19-13)9-6-10(16)12-11(7-9)18(5)8-17-12/h6-8H,1-5H3. The summed E-state index contributed by atoms with van der Waals surface area (Å²) in [6.45, 7) is 7.91. The molecule has 0 spiro atoms. The highest BCUT2D eigenvalue weighted by Crippen LogP contribution is 2.36. The van der Waals surface area contributed by atoms with Crippen molar-refractivity contribution in [3.05, 3.63) is 24.3 Å². The number of fused-ring (bicyclic) bond motifs is 1. The first kappa shape index (κ1) is 13.6. The molecule has 0 saturated carbocycles. The van der Waals surface area contributed by atoms with E-state index in [1.165, 1.54) is 6.07 Å². The molecule has 106 valence electrons. The number of benzene rings is 1. The van der Waals surface area contributed by atoms with Crippen LogP contribution in [0.3, 0.4) is 0 Å². The first-order valence-corrected chi connectivity index (χ1v) is 6.67. The van der Waals surface area contributed by atoms with Crippen LogP contribution in [0.15, 0.2) is 18.5 Å². The van der Waals surface area contributed by atoms with Crippen LogP contribution >= 0.6 is 0 Å². The Labute approximate surface area is 118 Å². The maximum atomic E-state index is 14.1. The maximum absolute atomic E-state index is 14.1. The van der Waals surface area contributed by atoms with Gasteiger partial charge in [-0.2, -0.15) is 0 Å². The van der Waals surface area contributed by atoms with Gasteiger partial charge in [0.2, 0.25) is 0 Å². The molecule has 1 aliphatic rings. The second-order valence-electron chi connectivity index (χ2n) is 6.31. The van der Waals surface area contributed by atoms with Gasteiger partial charge >= 0.3 is 7.12 Å². The van der Waals surface area contributed by atoms with Crippen molar-refractivity contribution in [3.63, 3.8) is 0 Å². The van der Waals surface area contributed by atoms with Crippen LogP contribution < -0.4 is 5.46 Å². The summed E-state index contributed by atoms with van der Waals surface area (Å²) in [5.74, 6) is -0.354. The van der Waals surface area contributed by atoms with Crippen LogP contribution in [-0.4, -0.2) is 27.9 Å². The molecule has 2 heterocycles. The second-order valence-corrected chi connectivity index (χ2v) is 6.31. The molecule has 1 aromatic heterocycles. The Morgan fingerprint density at radius 3 is 2.35 bits per heavy atom. The molecule has 1 aliphatic heterocycles. The summed E-state index contributed by atoms with van der Waals surface area (Å²) >= 11 is 0. The van der Waals surface area contributed by atoms with E-state index in [9.17, 15) is 4.39 Å². The van der Waals surface area contributed by atoms with Gasteiger partial charge < -0.3 is 13.9 Å². The predicted octanol–water partition coefficient (Wildman–Crippen LogP) is 2.01. The molecule has 0 amide bonds. The first-order chi connectivity index (χ1) is 9.21. The number of imidazole rings is 1. The smallest absolute Gasteiger partial charge is 0.399 e. The van der Waals surface area contributed by atoms with Crippen LogP contribution in [0.2, 0.25) is 0 Å². The van der Waals surface area contributed by atoms with E-state index in [1.54, 1.807) is 10.9 Å². The molecule has 3 rings (SSSR count). The third-order valence-corrected chi connectivity index (χ3v) is 4.33. The van der Waals surface area contributed by atoms with Crippen molar-refractivity contribution in [2.45, 2.75) is 38.9 Å². The quantitative estimate of drug-likeness (QED) is 0.747. The van der Waals surface area contributed by atoms with Crippen LogP contribution in [-0.2, 0) is 16.4 Å². The lowest BCUT2D eigenvalue weighted by Crippen LogP contribution is -2.41. The van der Waals surface area contributed by atoms with Crippen molar-refractivity contribution in [1.29, 1.82) is 0 Å². The van der Waals surface area contributed by atoms with Crippen molar-refractivity contribution in [2.75, 3.05) is 0 Å². The van der Waals surface area contributed by atoms with Gasteiger partial charge in [-0.25, -0.2) is 9.37 Å². The highest BCUT2D eigenvalue weighted by atomic mass is 19.1. The summed E-state index contributed by atoms with van der Waals surface area (Å²) < 4.78 is 27.8. The lowest BCUT2D eigenvalue weighted by atomic mass is 9.79. The van der Waals surface area contributed by atoms with Gasteiger partial charge in [-0.05, 0) is 45.3 Å². The lowest BCUT2D eigenvalue weighted by Gasteiger charge is -2.32. The maximum Gasteiger partial charge on any atom is 0.495 e.